The Bertz CT molecular complexity index is 1240. The molecule has 12 heteroatoms. The molecule has 0 aliphatic rings. The molecule has 0 fully saturated rings. The lowest BCUT2D eigenvalue weighted by atomic mass is 10.1. The highest BCUT2D eigenvalue weighted by Gasteiger charge is 2.23. The first-order chi connectivity index (χ1) is 15.7. The normalized spacial score (nSPS) is 10.5. The van der Waals surface area contributed by atoms with Crippen LogP contribution in [0.15, 0.2) is 36.4 Å². The number of benzene rings is 2. The number of carbonyl (C=O) groups excluding carboxylic acids is 2. The first-order valence-corrected chi connectivity index (χ1v) is 9.64. The van der Waals surface area contributed by atoms with E-state index in [-0.39, 0.29) is 28.5 Å². The number of anilines is 1. The number of nitro groups is 1. The predicted molar refractivity (Wildman–Crippen MR) is 118 cm³/mol. The molecule has 0 radical (unpaired) electrons. The van der Waals surface area contributed by atoms with Crippen molar-refractivity contribution in [2.45, 2.75) is 6.92 Å². The molecule has 0 saturated carbocycles. The third kappa shape index (κ3) is 4.59. The Labute approximate surface area is 188 Å². The molecule has 33 heavy (non-hydrogen) atoms. The van der Waals surface area contributed by atoms with Gasteiger partial charge >= 0.3 is 0 Å². The monoisotopic (exact) mass is 454 g/mol. The molecule has 0 atom stereocenters. The lowest BCUT2D eigenvalue weighted by Gasteiger charge is -2.17. The van der Waals surface area contributed by atoms with Crippen LogP contribution in [0, 0.1) is 17.0 Å². The number of nitro benzene ring substituents is 1. The van der Waals surface area contributed by atoms with E-state index >= 15 is 0 Å². The number of hydrogen-bond acceptors (Lipinski definition) is 8. The summed E-state index contributed by atoms with van der Waals surface area (Å²) in [4.78, 5) is 37.6. The molecule has 1 N–H and O–H groups in total. The highest BCUT2D eigenvalue weighted by molar-refractivity contribution is 6.09. The maximum Gasteiger partial charge on any atom is 0.278 e. The Morgan fingerprint density at radius 2 is 1.79 bits per heavy atom. The Morgan fingerprint density at radius 3 is 2.39 bits per heavy atom. The highest BCUT2D eigenvalue weighted by atomic mass is 16.6. The van der Waals surface area contributed by atoms with Crippen molar-refractivity contribution in [2.75, 3.05) is 33.6 Å². The van der Waals surface area contributed by atoms with E-state index < -0.39 is 10.8 Å². The predicted octanol–water partition coefficient (Wildman–Crippen LogP) is 2.46. The van der Waals surface area contributed by atoms with Gasteiger partial charge in [-0.2, -0.15) is 0 Å². The number of carbonyl (C=O) groups is 2. The molecule has 2 aromatic carbocycles. The maximum absolute atomic E-state index is 13.0. The summed E-state index contributed by atoms with van der Waals surface area (Å²) in [5, 5.41) is 21.6. The zero-order valence-electron chi connectivity index (χ0n) is 18.6. The molecular weight excluding hydrogens is 432 g/mol. The van der Waals surface area contributed by atoms with Crippen LogP contribution in [0.5, 0.6) is 11.5 Å². The number of methoxy groups -OCH3 is 2. The Morgan fingerprint density at radius 1 is 1.12 bits per heavy atom. The molecule has 0 aliphatic heterocycles. The maximum atomic E-state index is 13.0. The standard InChI is InChI=1S/C21H22N6O6/c1-12-19(23-24-26(12)13-7-6-8-14(9-13)27(30)31)20(28)22-16-11-18(33-5)17(32-4)10-15(16)21(29)25(2)3/h6-11H,1-5H3,(H,22,28). The third-order valence-corrected chi connectivity index (χ3v) is 4.80. The van der Waals surface area contributed by atoms with Crippen molar-refractivity contribution in [3.63, 3.8) is 0 Å². The van der Waals surface area contributed by atoms with E-state index in [1.807, 2.05) is 0 Å². The first kappa shape index (κ1) is 23.2. The fourth-order valence-corrected chi connectivity index (χ4v) is 3.10. The van der Waals surface area contributed by atoms with Gasteiger partial charge in [0.05, 0.1) is 41.8 Å². The highest BCUT2D eigenvalue weighted by Crippen LogP contribution is 2.34. The van der Waals surface area contributed by atoms with Gasteiger partial charge in [-0.15, -0.1) is 5.10 Å². The summed E-state index contributed by atoms with van der Waals surface area (Å²) in [6.07, 6.45) is 0. The van der Waals surface area contributed by atoms with Gasteiger partial charge in [0.2, 0.25) is 0 Å². The number of amides is 2. The largest absolute Gasteiger partial charge is 0.493 e. The summed E-state index contributed by atoms with van der Waals surface area (Å²) < 4.78 is 11.9. The van der Waals surface area contributed by atoms with Gasteiger partial charge in [-0.05, 0) is 19.1 Å². The van der Waals surface area contributed by atoms with Gasteiger partial charge in [0.25, 0.3) is 17.5 Å². The topological polar surface area (TPSA) is 142 Å². The fraction of sp³-hybridized carbons (Fsp3) is 0.238. The Balaban J connectivity index is 1.99. The molecule has 0 unspecified atom stereocenters. The molecule has 172 valence electrons. The second-order valence-corrected chi connectivity index (χ2v) is 7.12. The summed E-state index contributed by atoms with van der Waals surface area (Å²) in [6.45, 7) is 1.61. The molecule has 0 saturated heterocycles. The van der Waals surface area contributed by atoms with Gasteiger partial charge in [-0.25, -0.2) is 4.68 Å². The molecule has 1 heterocycles. The van der Waals surface area contributed by atoms with Crippen LogP contribution < -0.4 is 14.8 Å². The van der Waals surface area contributed by atoms with Crippen molar-refractivity contribution in [1.82, 2.24) is 19.9 Å². The minimum atomic E-state index is -0.621. The number of ether oxygens (including phenoxy) is 2. The molecular formula is C21H22N6O6. The summed E-state index contributed by atoms with van der Waals surface area (Å²) in [5.74, 6) is -0.332. The van der Waals surface area contributed by atoms with Crippen LogP contribution in [0.1, 0.15) is 26.5 Å². The van der Waals surface area contributed by atoms with Crippen molar-refractivity contribution >= 4 is 23.2 Å². The van der Waals surface area contributed by atoms with E-state index in [0.29, 0.717) is 22.9 Å². The molecule has 1 aromatic heterocycles. The van der Waals surface area contributed by atoms with E-state index in [0.717, 1.165) is 0 Å². The Kier molecular flexibility index (Phi) is 6.56. The number of rotatable bonds is 7. The van der Waals surface area contributed by atoms with E-state index in [9.17, 15) is 19.7 Å². The van der Waals surface area contributed by atoms with Gasteiger partial charge in [0.1, 0.15) is 0 Å². The van der Waals surface area contributed by atoms with Crippen molar-refractivity contribution in [2.24, 2.45) is 0 Å². The van der Waals surface area contributed by atoms with E-state index in [1.165, 1.54) is 54.1 Å². The van der Waals surface area contributed by atoms with Crippen LogP contribution in [0.3, 0.4) is 0 Å². The number of aromatic nitrogens is 3. The van der Waals surface area contributed by atoms with E-state index in [1.54, 1.807) is 27.1 Å². The average Bonchev–Trinajstić information content (AvgIpc) is 3.19. The fourth-order valence-electron chi connectivity index (χ4n) is 3.10. The lowest BCUT2D eigenvalue weighted by molar-refractivity contribution is -0.384. The minimum Gasteiger partial charge on any atom is -0.493 e. The first-order valence-electron chi connectivity index (χ1n) is 9.64. The Hall–Kier alpha value is -4.48. The van der Waals surface area contributed by atoms with Crippen LogP contribution in [-0.4, -0.2) is 64.9 Å². The molecule has 3 aromatic rings. The van der Waals surface area contributed by atoms with Crippen LogP contribution in [0.4, 0.5) is 11.4 Å². The lowest BCUT2D eigenvalue weighted by Crippen LogP contribution is -2.24. The molecule has 0 aliphatic carbocycles. The van der Waals surface area contributed by atoms with E-state index in [4.69, 9.17) is 9.47 Å². The van der Waals surface area contributed by atoms with Gasteiger partial charge in [0, 0.05) is 32.3 Å². The number of nitrogens with one attached hydrogen (secondary N) is 1. The molecule has 3 rings (SSSR count). The second-order valence-electron chi connectivity index (χ2n) is 7.12. The zero-order chi connectivity index (χ0) is 24.3. The summed E-state index contributed by atoms with van der Waals surface area (Å²) in [6, 6.07) is 8.75. The van der Waals surface area contributed by atoms with E-state index in [2.05, 4.69) is 15.6 Å². The van der Waals surface area contributed by atoms with Gasteiger partial charge < -0.3 is 19.7 Å². The van der Waals surface area contributed by atoms with Crippen LogP contribution >= 0.6 is 0 Å². The number of nitrogens with zero attached hydrogens (tertiary/aromatic N) is 5. The summed E-state index contributed by atoms with van der Waals surface area (Å²) >= 11 is 0. The molecule has 0 bridgehead atoms. The summed E-state index contributed by atoms with van der Waals surface area (Å²) in [5.41, 5.74) is 0.984. The van der Waals surface area contributed by atoms with Crippen LogP contribution in [0.2, 0.25) is 0 Å². The van der Waals surface area contributed by atoms with Gasteiger partial charge in [-0.1, -0.05) is 11.3 Å². The van der Waals surface area contributed by atoms with Crippen molar-refractivity contribution in [1.29, 1.82) is 0 Å². The van der Waals surface area contributed by atoms with Gasteiger partial charge in [0.15, 0.2) is 17.2 Å². The SMILES string of the molecule is COc1cc(NC(=O)c2nnn(-c3cccc([N+](=O)[O-])c3)c2C)c(C(=O)N(C)C)cc1OC. The molecule has 12 nitrogen and oxygen atoms in total. The smallest absolute Gasteiger partial charge is 0.278 e. The zero-order valence-corrected chi connectivity index (χ0v) is 18.6. The quantitative estimate of drug-likeness (QED) is 0.424. The van der Waals surface area contributed by atoms with Crippen molar-refractivity contribution < 1.29 is 24.0 Å². The van der Waals surface area contributed by atoms with Crippen molar-refractivity contribution in [3.05, 3.63) is 63.5 Å². The van der Waals surface area contributed by atoms with Crippen LogP contribution in [0.25, 0.3) is 5.69 Å². The van der Waals surface area contributed by atoms with Crippen molar-refractivity contribution in [3.8, 4) is 17.2 Å². The summed E-state index contributed by atoms with van der Waals surface area (Å²) in [7, 11) is 6.04. The minimum absolute atomic E-state index is 0.0143. The molecule has 2 amide bonds. The molecule has 0 spiro atoms. The van der Waals surface area contributed by atoms with Gasteiger partial charge in [-0.3, -0.25) is 19.7 Å². The number of hydrogen-bond donors (Lipinski definition) is 1. The third-order valence-electron chi connectivity index (χ3n) is 4.80. The average molecular weight is 454 g/mol. The second kappa shape index (κ2) is 9.34. The van der Waals surface area contributed by atoms with Crippen LogP contribution in [-0.2, 0) is 0 Å². The number of non-ortho nitro benzene ring substituents is 1.